The van der Waals surface area contributed by atoms with Gasteiger partial charge in [0.25, 0.3) is 0 Å². The summed E-state index contributed by atoms with van der Waals surface area (Å²) in [5, 5.41) is -0.203. The fourth-order valence-corrected chi connectivity index (χ4v) is 6.18. The topological polar surface area (TPSA) is 102 Å². The van der Waals surface area contributed by atoms with Crippen LogP contribution in [-0.4, -0.2) is 46.0 Å². The third kappa shape index (κ3) is 3.19. The molecule has 1 atom stereocenters. The van der Waals surface area contributed by atoms with Crippen molar-refractivity contribution in [3.05, 3.63) is 36.5 Å². The lowest BCUT2D eigenvalue weighted by Crippen LogP contribution is -2.36. The van der Waals surface area contributed by atoms with Gasteiger partial charge in [0.1, 0.15) is 12.1 Å². The van der Waals surface area contributed by atoms with Crippen LogP contribution in [0.1, 0.15) is 43.7 Å². The molecule has 1 saturated heterocycles. The van der Waals surface area contributed by atoms with E-state index in [1.165, 1.54) is 6.33 Å². The molecule has 2 N–H and O–H groups in total. The van der Waals surface area contributed by atoms with Crippen LogP contribution >= 0.6 is 0 Å². The van der Waals surface area contributed by atoms with Crippen molar-refractivity contribution in [1.29, 1.82) is 0 Å². The third-order valence-electron chi connectivity index (χ3n) is 5.46. The van der Waals surface area contributed by atoms with Crippen molar-refractivity contribution in [3.63, 3.8) is 0 Å². The minimum Gasteiger partial charge on any atom is -0.384 e. The molecule has 1 aliphatic heterocycles. The minimum absolute atomic E-state index is 0.0681. The number of nitrogens with two attached hydrogens (primary N) is 1. The second kappa shape index (κ2) is 6.92. The summed E-state index contributed by atoms with van der Waals surface area (Å²) in [7, 11) is -3.20. The molecule has 4 rings (SSSR count). The van der Waals surface area contributed by atoms with Gasteiger partial charge in [-0.25, -0.2) is 27.7 Å². The van der Waals surface area contributed by atoms with Crippen LogP contribution in [0.2, 0.25) is 0 Å². The maximum Gasteiger partial charge on any atom is 0.217 e. The number of sulfonamides is 1. The smallest absolute Gasteiger partial charge is 0.217 e. The van der Waals surface area contributed by atoms with Crippen LogP contribution in [0.25, 0.3) is 11.1 Å². The standard InChI is InChI=1S/C18H23N5O2S/c19-17-9-13(5-7-21-17)16-10-20-12-22-18(16)14-6-8-23(11-14)26(24,25)15-3-1-2-4-15/h5,7,9-10,12,14-15H,1-4,6,8,11H2,(H2,19,21). The van der Waals surface area contributed by atoms with Gasteiger partial charge in [0, 0.05) is 37.0 Å². The predicted octanol–water partition coefficient (Wildman–Crippen LogP) is 2.18. The van der Waals surface area contributed by atoms with E-state index in [1.54, 1.807) is 22.8 Å². The van der Waals surface area contributed by atoms with Crippen LogP contribution in [0.3, 0.4) is 0 Å². The number of nitrogens with zero attached hydrogens (tertiary/aromatic N) is 4. The summed E-state index contributed by atoms with van der Waals surface area (Å²) in [6.07, 6.45) is 9.34. The van der Waals surface area contributed by atoms with Gasteiger partial charge in [-0.2, -0.15) is 0 Å². The molecular formula is C18H23N5O2S. The van der Waals surface area contributed by atoms with E-state index < -0.39 is 10.0 Å². The van der Waals surface area contributed by atoms with Gasteiger partial charge >= 0.3 is 0 Å². The van der Waals surface area contributed by atoms with Crippen LogP contribution in [0, 0.1) is 0 Å². The molecule has 2 aromatic heterocycles. The molecule has 1 unspecified atom stereocenters. The average Bonchev–Trinajstić information content (AvgIpc) is 3.34. The van der Waals surface area contributed by atoms with E-state index in [2.05, 4.69) is 15.0 Å². The first-order chi connectivity index (χ1) is 12.6. The summed E-state index contributed by atoms with van der Waals surface area (Å²) in [6, 6.07) is 3.67. The highest BCUT2D eigenvalue weighted by Gasteiger charge is 2.39. The molecule has 2 aromatic rings. The number of hydrogen-bond acceptors (Lipinski definition) is 6. The van der Waals surface area contributed by atoms with E-state index in [1.807, 2.05) is 6.07 Å². The zero-order valence-corrected chi connectivity index (χ0v) is 15.4. The first-order valence-corrected chi connectivity index (χ1v) is 10.6. The van der Waals surface area contributed by atoms with Gasteiger partial charge in [-0.15, -0.1) is 0 Å². The highest BCUT2D eigenvalue weighted by atomic mass is 32.2. The Hall–Kier alpha value is -2.06. The largest absolute Gasteiger partial charge is 0.384 e. The highest BCUT2D eigenvalue weighted by molar-refractivity contribution is 7.89. The van der Waals surface area contributed by atoms with E-state index in [0.29, 0.717) is 18.9 Å². The summed E-state index contributed by atoms with van der Waals surface area (Å²) in [6.45, 7) is 1.05. The quantitative estimate of drug-likeness (QED) is 0.881. The molecule has 7 nitrogen and oxygen atoms in total. The Morgan fingerprint density at radius 3 is 2.73 bits per heavy atom. The van der Waals surface area contributed by atoms with Crippen LogP contribution in [0.15, 0.2) is 30.9 Å². The Bertz CT molecular complexity index is 896. The predicted molar refractivity (Wildman–Crippen MR) is 99.8 cm³/mol. The van der Waals surface area contributed by atoms with E-state index >= 15 is 0 Å². The van der Waals surface area contributed by atoms with Gasteiger partial charge in [0.05, 0.1) is 10.9 Å². The lowest BCUT2D eigenvalue weighted by atomic mass is 9.96. The second-order valence-electron chi connectivity index (χ2n) is 7.09. The average molecular weight is 373 g/mol. The molecule has 3 heterocycles. The lowest BCUT2D eigenvalue weighted by Gasteiger charge is -2.21. The molecule has 0 amide bonds. The van der Waals surface area contributed by atoms with Gasteiger partial charge in [0.2, 0.25) is 10.0 Å². The molecule has 0 radical (unpaired) electrons. The Morgan fingerprint density at radius 2 is 1.96 bits per heavy atom. The van der Waals surface area contributed by atoms with Crippen LogP contribution in [0.4, 0.5) is 5.82 Å². The molecule has 1 aliphatic carbocycles. The molecule has 2 aliphatic rings. The van der Waals surface area contributed by atoms with Crippen molar-refractivity contribution in [2.75, 3.05) is 18.8 Å². The van der Waals surface area contributed by atoms with Gasteiger partial charge in [-0.3, -0.25) is 0 Å². The monoisotopic (exact) mass is 373 g/mol. The van der Waals surface area contributed by atoms with E-state index in [9.17, 15) is 8.42 Å². The third-order valence-corrected chi connectivity index (χ3v) is 7.82. The summed E-state index contributed by atoms with van der Waals surface area (Å²) >= 11 is 0. The molecular weight excluding hydrogens is 350 g/mol. The summed E-state index contributed by atoms with van der Waals surface area (Å²) in [5.41, 5.74) is 8.50. The maximum atomic E-state index is 12.9. The first kappa shape index (κ1) is 17.4. The maximum absolute atomic E-state index is 12.9. The molecule has 26 heavy (non-hydrogen) atoms. The molecule has 0 bridgehead atoms. The molecule has 2 fully saturated rings. The van der Waals surface area contributed by atoms with Crippen LogP contribution < -0.4 is 5.73 Å². The molecule has 8 heteroatoms. The van der Waals surface area contributed by atoms with Crippen molar-refractivity contribution in [2.24, 2.45) is 0 Å². The summed E-state index contributed by atoms with van der Waals surface area (Å²) < 4.78 is 27.4. The van der Waals surface area contributed by atoms with Crippen molar-refractivity contribution in [3.8, 4) is 11.1 Å². The van der Waals surface area contributed by atoms with E-state index in [0.717, 1.165) is 48.9 Å². The Kier molecular flexibility index (Phi) is 4.62. The van der Waals surface area contributed by atoms with Crippen molar-refractivity contribution in [2.45, 2.75) is 43.3 Å². The normalized spacial score (nSPS) is 22.1. The number of pyridine rings is 1. The van der Waals surface area contributed by atoms with Gasteiger partial charge in [0.15, 0.2) is 0 Å². The molecule has 0 aromatic carbocycles. The van der Waals surface area contributed by atoms with Gasteiger partial charge in [-0.05, 0) is 37.0 Å². The van der Waals surface area contributed by atoms with Crippen molar-refractivity contribution >= 4 is 15.8 Å². The fourth-order valence-electron chi connectivity index (χ4n) is 4.08. The molecule has 1 saturated carbocycles. The first-order valence-electron chi connectivity index (χ1n) is 9.06. The lowest BCUT2D eigenvalue weighted by molar-refractivity contribution is 0.460. The van der Waals surface area contributed by atoms with E-state index in [-0.39, 0.29) is 11.2 Å². The fraction of sp³-hybridized carbons (Fsp3) is 0.500. The molecule has 138 valence electrons. The number of aromatic nitrogens is 3. The molecule has 0 spiro atoms. The number of nitrogen functional groups attached to an aromatic ring is 1. The summed E-state index contributed by atoms with van der Waals surface area (Å²) in [4.78, 5) is 12.7. The van der Waals surface area contributed by atoms with E-state index in [4.69, 9.17) is 5.73 Å². The van der Waals surface area contributed by atoms with Gasteiger partial charge in [-0.1, -0.05) is 12.8 Å². The van der Waals surface area contributed by atoms with Crippen molar-refractivity contribution < 1.29 is 8.42 Å². The minimum atomic E-state index is -3.20. The Morgan fingerprint density at radius 1 is 1.15 bits per heavy atom. The second-order valence-corrected chi connectivity index (χ2v) is 9.30. The number of hydrogen-bond donors (Lipinski definition) is 1. The summed E-state index contributed by atoms with van der Waals surface area (Å²) in [5.74, 6) is 0.507. The Labute approximate surface area is 153 Å². The number of rotatable bonds is 4. The van der Waals surface area contributed by atoms with Crippen LogP contribution in [-0.2, 0) is 10.0 Å². The number of anilines is 1. The Balaban J connectivity index is 1.60. The SMILES string of the molecule is Nc1cc(-c2cncnc2C2CCN(S(=O)(=O)C3CCCC3)C2)ccn1. The van der Waals surface area contributed by atoms with Crippen LogP contribution in [0.5, 0.6) is 0 Å². The van der Waals surface area contributed by atoms with Gasteiger partial charge < -0.3 is 5.73 Å². The van der Waals surface area contributed by atoms with Crippen molar-refractivity contribution in [1.82, 2.24) is 19.3 Å². The zero-order valence-electron chi connectivity index (χ0n) is 14.6. The highest BCUT2D eigenvalue weighted by Crippen LogP contribution is 2.36. The zero-order chi connectivity index (χ0) is 18.1.